The summed E-state index contributed by atoms with van der Waals surface area (Å²) in [4.78, 5) is 18.5. The van der Waals surface area contributed by atoms with E-state index in [1.165, 1.54) is 12.1 Å². The highest BCUT2D eigenvalue weighted by Gasteiger charge is 2.15. The molecular weight excluding hydrogens is 331 g/mol. The van der Waals surface area contributed by atoms with E-state index in [0.717, 1.165) is 22.4 Å². The summed E-state index contributed by atoms with van der Waals surface area (Å²) in [6.45, 7) is 2.47. The quantitative estimate of drug-likeness (QED) is 0.708. The Hall–Kier alpha value is -3.02. The molecule has 0 N–H and O–H groups in total. The second kappa shape index (κ2) is 7.47. The zero-order valence-electron chi connectivity index (χ0n) is 15.1. The maximum Gasteiger partial charge on any atom is 0.272 e. The van der Waals surface area contributed by atoms with Gasteiger partial charge in [0.05, 0.1) is 6.20 Å². The molecule has 1 amide bonds. The molecule has 0 aliphatic heterocycles. The fourth-order valence-electron chi connectivity index (χ4n) is 2.78. The number of aryl methyl sites for hydroxylation is 1. The summed E-state index contributed by atoms with van der Waals surface area (Å²) in [5.41, 5.74) is 4.15. The van der Waals surface area contributed by atoms with Gasteiger partial charge in [-0.15, -0.1) is 0 Å². The Morgan fingerprint density at radius 1 is 1.27 bits per heavy atom. The Labute approximate surface area is 152 Å². The van der Waals surface area contributed by atoms with Crippen molar-refractivity contribution >= 4 is 5.91 Å². The molecule has 0 radical (unpaired) electrons. The maximum atomic E-state index is 13.3. The summed E-state index contributed by atoms with van der Waals surface area (Å²) >= 11 is 0. The first kappa shape index (κ1) is 17.8. The van der Waals surface area contributed by atoms with Crippen LogP contribution < -0.4 is 0 Å². The SMILES string of the molecule is Cc1c(-c2ccnc(C(=O)N(C)CCc3cccc(F)c3)c2)cnn1C. The van der Waals surface area contributed by atoms with Crippen molar-refractivity contribution in [2.75, 3.05) is 13.6 Å². The molecule has 0 bridgehead atoms. The molecule has 0 fully saturated rings. The minimum absolute atomic E-state index is 0.162. The van der Waals surface area contributed by atoms with Gasteiger partial charge in [-0.25, -0.2) is 4.39 Å². The van der Waals surface area contributed by atoms with Crippen molar-refractivity contribution in [2.45, 2.75) is 13.3 Å². The lowest BCUT2D eigenvalue weighted by Crippen LogP contribution is -2.29. The fraction of sp³-hybridized carbons (Fsp3) is 0.250. The first-order chi connectivity index (χ1) is 12.5. The lowest BCUT2D eigenvalue weighted by molar-refractivity contribution is 0.0791. The number of hydrogen-bond donors (Lipinski definition) is 0. The number of pyridine rings is 1. The third kappa shape index (κ3) is 3.79. The molecule has 2 aromatic heterocycles. The van der Waals surface area contributed by atoms with Crippen LogP contribution in [0.2, 0.25) is 0 Å². The lowest BCUT2D eigenvalue weighted by Gasteiger charge is -2.17. The van der Waals surface area contributed by atoms with Crippen LogP contribution in [0.25, 0.3) is 11.1 Å². The second-order valence-electron chi connectivity index (χ2n) is 6.30. The maximum absolute atomic E-state index is 13.3. The van der Waals surface area contributed by atoms with E-state index >= 15 is 0 Å². The molecule has 0 saturated heterocycles. The summed E-state index contributed by atoms with van der Waals surface area (Å²) in [5, 5.41) is 4.24. The number of rotatable bonds is 5. The predicted octanol–water partition coefficient (Wildman–Crippen LogP) is 3.24. The van der Waals surface area contributed by atoms with Crippen LogP contribution in [-0.2, 0) is 13.5 Å². The zero-order chi connectivity index (χ0) is 18.7. The van der Waals surface area contributed by atoms with Crippen LogP contribution in [0, 0.1) is 12.7 Å². The molecule has 5 nitrogen and oxygen atoms in total. The Kier molecular flexibility index (Phi) is 5.11. The van der Waals surface area contributed by atoms with Gasteiger partial charge in [0.15, 0.2) is 0 Å². The van der Waals surface area contributed by atoms with Crippen LogP contribution >= 0.6 is 0 Å². The van der Waals surface area contributed by atoms with Crippen molar-refractivity contribution in [3.63, 3.8) is 0 Å². The van der Waals surface area contributed by atoms with E-state index in [9.17, 15) is 9.18 Å². The van der Waals surface area contributed by atoms with Crippen LogP contribution in [0.5, 0.6) is 0 Å². The van der Waals surface area contributed by atoms with E-state index < -0.39 is 0 Å². The standard InChI is InChI=1S/C20H21FN4O/c1-14-18(13-23-25(14)3)16-7-9-22-19(12-16)20(26)24(2)10-8-15-5-4-6-17(21)11-15/h4-7,9,11-13H,8,10H2,1-3H3. The monoisotopic (exact) mass is 352 g/mol. The summed E-state index contributed by atoms with van der Waals surface area (Å²) in [7, 11) is 3.61. The molecule has 0 aliphatic rings. The number of carbonyl (C=O) groups is 1. The highest BCUT2D eigenvalue weighted by atomic mass is 19.1. The van der Waals surface area contributed by atoms with E-state index in [1.54, 1.807) is 41.2 Å². The van der Waals surface area contributed by atoms with Gasteiger partial charge >= 0.3 is 0 Å². The third-order valence-electron chi connectivity index (χ3n) is 4.50. The Morgan fingerprint density at radius 3 is 2.77 bits per heavy atom. The molecule has 3 rings (SSSR count). The van der Waals surface area contributed by atoms with Crippen molar-refractivity contribution in [1.29, 1.82) is 0 Å². The molecule has 0 saturated carbocycles. The number of aromatic nitrogens is 3. The Bertz CT molecular complexity index is 935. The molecule has 1 aromatic carbocycles. The highest BCUT2D eigenvalue weighted by Crippen LogP contribution is 2.23. The highest BCUT2D eigenvalue weighted by molar-refractivity contribution is 5.93. The van der Waals surface area contributed by atoms with E-state index in [2.05, 4.69) is 10.1 Å². The summed E-state index contributed by atoms with van der Waals surface area (Å²) in [6, 6.07) is 10.1. The molecule has 0 spiro atoms. The van der Waals surface area contributed by atoms with Gasteiger partial charge in [-0.05, 0) is 48.7 Å². The van der Waals surface area contributed by atoms with Crippen LogP contribution in [0.4, 0.5) is 4.39 Å². The molecule has 134 valence electrons. The fourth-order valence-corrected chi connectivity index (χ4v) is 2.78. The summed E-state index contributed by atoms with van der Waals surface area (Å²) in [5.74, 6) is -0.428. The normalized spacial score (nSPS) is 10.8. The first-order valence-corrected chi connectivity index (χ1v) is 8.40. The predicted molar refractivity (Wildman–Crippen MR) is 98.2 cm³/mol. The first-order valence-electron chi connectivity index (χ1n) is 8.40. The summed E-state index contributed by atoms with van der Waals surface area (Å²) < 4.78 is 15.1. The smallest absolute Gasteiger partial charge is 0.272 e. The number of hydrogen-bond acceptors (Lipinski definition) is 3. The van der Waals surface area contributed by atoms with Crippen molar-refractivity contribution in [3.8, 4) is 11.1 Å². The molecule has 6 heteroatoms. The number of benzene rings is 1. The molecule has 0 aliphatic carbocycles. The largest absolute Gasteiger partial charge is 0.340 e. The molecule has 26 heavy (non-hydrogen) atoms. The number of amides is 1. The van der Waals surface area contributed by atoms with Crippen LogP contribution in [-0.4, -0.2) is 39.2 Å². The van der Waals surface area contributed by atoms with E-state index in [-0.39, 0.29) is 11.7 Å². The zero-order valence-corrected chi connectivity index (χ0v) is 15.1. The third-order valence-corrected chi connectivity index (χ3v) is 4.50. The number of halogens is 1. The van der Waals surface area contributed by atoms with Gasteiger partial charge in [-0.2, -0.15) is 5.10 Å². The van der Waals surface area contributed by atoms with Crippen molar-refractivity contribution < 1.29 is 9.18 Å². The van der Waals surface area contributed by atoms with Gasteiger partial charge in [-0.3, -0.25) is 14.5 Å². The Morgan fingerprint density at radius 2 is 2.08 bits per heavy atom. The van der Waals surface area contributed by atoms with Crippen molar-refractivity contribution in [3.05, 3.63) is 71.6 Å². The Balaban J connectivity index is 1.73. The van der Waals surface area contributed by atoms with E-state index in [1.807, 2.05) is 26.1 Å². The van der Waals surface area contributed by atoms with Gasteiger partial charge < -0.3 is 4.90 Å². The van der Waals surface area contributed by atoms with Gasteiger partial charge in [0, 0.05) is 38.1 Å². The molecular formula is C20H21FN4O. The van der Waals surface area contributed by atoms with E-state index in [4.69, 9.17) is 0 Å². The second-order valence-corrected chi connectivity index (χ2v) is 6.30. The van der Waals surface area contributed by atoms with Gasteiger partial charge in [0.1, 0.15) is 11.5 Å². The number of likely N-dealkylation sites (N-methyl/N-ethyl adjacent to an activating group) is 1. The number of nitrogens with zero attached hydrogens (tertiary/aromatic N) is 4. The van der Waals surface area contributed by atoms with Crippen molar-refractivity contribution in [2.24, 2.45) is 7.05 Å². The van der Waals surface area contributed by atoms with Crippen molar-refractivity contribution in [1.82, 2.24) is 19.7 Å². The average molecular weight is 352 g/mol. The summed E-state index contributed by atoms with van der Waals surface area (Å²) in [6.07, 6.45) is 4.00. The van der Waals surface area contributed by atoms with Crippen LogP contribution in [0.1, 0.15) is 21.7 Å². The lowest BCUT2D eigenvalue weighted by atomic mass is 10.1. The van der Waals surface area contributed by atoms with E-state index in [0.29, 0.717) is 18.7 Å². The molecule has 2 heterocycles. The van der Waals surface area contributed by atoms with Gasteiger partial charge in [-0.1, -0.05) is 12.1 Å². The topological polar surface area (TPSA) is 51.0 Å². The van der Waals surface area contributed by atoms with Crippen LogP contribution in [0.3, 0.4) is 0 Å². The average Bonchev–Trinajstić information content (AvgIpc) is 2.98. The minimum Gasteiger partial charge on any atom is -0.340 e. The molecule has 0 unspecified atom stereocenters. The molecule has 3 aromatic rings. The number of carbonyl (C=O) groups excluding carboxylic acids is 1. The minimum atomic E-state index is -0.266. The van der Waals surface area contributed by atoms with Gasteiger partial charge in [0.25, 0.3) is 5.91 Å². The van der Waals surface area contributed by atoms with Crippen LogP contribution in [0.15, 0.2) is 48.8 Å². The molecule has 0 atom stereocenters. The van der Waals surface area contributed by atoms with Gasteiger partial charge in [0.2, 0.25) is 0 Å².